The van der Waals surface area contributed by atoms with Gasteiger partial charge in [-0.3, -0.25) is 4.79 Å². The van der Waals surface area contributed by atoms with Gasteiger partial charge in [-0.05, 0) is 29.7 Å². The lowest BCUT2D eigenvalue weighted by Crippen LogP contribution is -2.23. The first-order valence-electron chi connectivity index (χ1n) is 6.73. The van der Waals surface area contributed by atoms with Crippen LogP contribution in [0.4, 0.5) is 0 Å². The summed E-state index contributed by atoms with van der Waals surface area (Å²) in [5.74, 6) is -0.0767. The van der Waals surface area contributed by atoms with E-state index >= 15 is 0 Å². The van der Waals surface area contributed by atoms with Gasteiger partial charge < -0.3 is 9.72 Å². The molecule has 0 radical (unpaired) electrons. The normalized spacial score (nSPS) is 11.2. The number of hydrogen-bond donors (Lipinski definition) is 1. The lowest BCUT2D eigenvalue weighted by molar-refractivity contribution is -0.116. The summed E-state index contributed by atoms with van der Waals surface area (Å²) in [6.07, 6.45) is 8.07. The number of nitrogens with zero attached hydrogens (tertiary/aromatic N) is 2. The van der Waals surface area contributed by atoms with E-state index < -0.39 is 0 Å². The molecule has 106 valence electrons. The Morgan fingerprint density at radius 2 is 2.29 bits per heavy atom. The van der Waals surface area contributed by atoms with Crippen LogP contribution in [0, 0.1) is 0 Å². The van der Waals surface area contributed by atoms with Gasteiger partial charge in [-0.25, -0.2) is 4.98 Å². The van der Waals surface area contributed by atoms with Crippen molar-refractivity contribution in [3.05, 3.63) is 64.8 Å². The molecule has 3 aromatic rings. The summed E-state index contributed by atoms with van der Waals surface area (Å²) < 4.78 is 1.98. The molecule has 0 bridgehead atoms. The highest BCUT2D eigenvalue weighted by atomic mass is 32.1. The van der Waals surface area contributed by atoms with Gasteiger partial charge in [0.25, 0.3) is 0 Å². The molecule has 21 heavy (non-hydrogen) atoms. The number of carbonyl (C=O) groups excluding carboxylic acids is 1. The van der Waals surface area contributed by atoms with E-state index in [0.717, 1.165) is 22.6 Å². The molecule has 1 amide bonds. The van der Waals surface area contributed by atoms with Crippen LogP contribution in [-0.2, 0) is 11.2 Å². The molecule has 5 heteroatoms. The molecular formula is C16H15N3OS. The Balaban J connectivity index is 1.50. The monoisotopic (exact) mass is 297 g/mol. The Morgan fingerprint density at radius 1 is 1.33 bits per heavy atom. The van der Waals surface area contributed by atoms with Crippen LogP contribution in [-0.4, -0.2) is 21.8 Å². The van der Waals surface area contributed by atoms with Crippen LogP contribution in [0.25, 0.3) is 11.7 Å². The highest BCUT2D eigenvalue weighted by Crippen LogP contribution is 2.09. The molecule has 0 saturated heterocycles. The Kier molecular flexibility index (Phi) is 4.12. The Hall–Kier alpha value is -2.40. The van der Waals surface area contributed by atoms with Gasteiger partial charge in [0, 0.05) is 36.3 Å². The number of pyridine rings is 1. The number of carbonyl (C=O) groups is 1. The second kappa shape index (κ2) is 6.37. The van der Waals surface area contributed by atoms with Gasteiger partial charge in [-0.2, -0.15) is 0 Å². The maximum Gasteiger partial charge on any atom is 0.244 e. The predicted molar refractivity (Wildman–Crippen MR) is 85.3 cm³/mol. The molecule has 0 aliphatic carbocycles. The van der Waals surface area contributed by atoms with Crippen LogP contribution in [0.5, 0.6) is 0 Å². The molecule has 0 aliphatic heterocycles. The van der Waals surface area contributed by atoms with Gasteiger partial charge in [-0.15, -0.1) is 11.3 Å². The standard InChI is InChI=1S/C16H15N3OS/c20-16(7-6-14-4-3-11-21-14)17-9-8-13-12-19-10-2-1-5-15(19)18-13/h1-7,10-12H,8-9H2,(H,17,20)/b7-6+. The largest absolute Gasteiger partial charge is 0.352 e. The highest BCUT2D eigenvalue weighted by Gasteiger charge is 2.01. The molecule has 0 atom stereocenters. The van der Waals surface area contributed by atoms with Crippen molar-refractivity contribution in [3.63, 3.8) is 0 Å². The summed E-state index contributed by atoms with van der Waals surface area (Å²) in [6, 6.07) is 9.83. The van der Waals surface area contributed by atoms with Gasteiger partial charge in [-0.1, -0.05) is 12.1 Å². The molecule has 0 saturated carbocycles. The van der Waals surface area contributed by atoms with E-state index in [-0.39, 0.29) is 5.91 Å². The van der Waals surface area contributed by atoms with Crippen molar-refractivity contribution in [2.45, 2.75) is 6.42 Å². The average Bonchev–Trinajstić information content (AvgIpc) is 3.14. The van der Waals surface area contributed by atoms with Gasteiger partial charge in [0.1, 0.15) is 5.65 Å². The fourth-order valence-electron chi connectivity index (χ4n) is 2.02. The van der Waals surface area contributed by atoms with Crippen LogP contribution in [0.2, 0.25) is 0 Å². The number of hydrogen-bond acceptors (Lipinski definition) is 3. The molecule has 3 rings (SSSR count). The number of aromatic nitrogens is 2. The van der Waals surface area contributed by atoms with Crippen molar-refractivity contribution in [2.75, 3.05) is 6.54 Å². The second-order valence-electron chi connectivity index (χ2n) is 4.59. The third-order valence-corrected chi connectivity index (χ3v) is 3.87. The zero-order valence-electron chi connectivity index (χ0n) is 11.4. The van der Waals surface area contributed by atoms with Crippen molar-refractivity contribution < 1.29 is 4.79 Å². The van der Waals surface area contributed by atoms with Gasteiger partial charge >= 0.3 is 0 Å². The molecule has 1 N–H and O–H groups in total. The second-order valence-corrected chi connectivity index (χ2v) is 5.57. The molecule has 0 aliphatic rings. The topological polar surface area (TPSA) is 46.4 Å². The summed E-state index contributed by atoms with van der Waals surface area (Å²) in [4.78, 5) is 17.2. The van der Waals surface area contributed by atoms with Crippen molar-refractivity contribution >= 4 is 29.0 Å². The van der Waals surface area contributed by atoms with Crippen molar-refractivity contribution in [2.24, 2.45) is 0 Å². The molecular weight excluding hydrogens is 282 g/mol. The molecule has 0 fully saturated rings. The van der Waals surface area contributed by atoms with Crippen LogP contribution in [0.1, 0.15) is 10.6 Å². The highest BCUT2D eigenvalue weighted by molar-refractivity contribution is 7.10. The van der Waals surface area contributed by atoms with Crippen LogP contribution < -0.4 is 5.32 Å². The van der Waals surface area contributed by atoms with Gasteiger partial charge in [0.05, 0.1) is 5.69 Å². The van der Waals surface area contributed by atoms with Gasteiger partial charge in [0.2, 0.25) is 5.91 Å². The molecule has 0 spiro atoms. The SMILES string of the molecule is O=C(/C=C/c1cccs1)NCCc1cn2ccccc2n1. The molecule has 0 aromatic carbocycles. The van der Waals surface area contributed by atoms with E-state index in [1.54, 1.807) is 17.4 Å². The zero-order valence-corrected chi connectivity index (χ0v) is 12.2. The van der Waals surface area contributed by atoms with Gasteiger partial charge in [0.15, 0.2) is 0 Å². The first-order valence-corrected chi connectivity index (χ1v) is 7.61. The quantitative estimate of drug-likeness (QED) is 0.736. The number of fused-ring (bicyclic) bond motifs is 1. The average molecular weight is 297 g/mol. The number of amides is 1. The third-order valence-electron chi connectivity index (χ3n) is 3.04. The number of imidazole rings is 1. The lowest BCUT2D eigenvalue weighted by Gasteiger charge is -1.99. The van der Waals surface area contributed by atoms with Crippen molar-refractivity contribution in [1.29, 1.82) is 0 Å². The molecule has 3 heterocycles. The first-order chi connectivity index (χ1) is 10.3. The predicted octanol–water partition coefficient (Wildman–Crippen LogP) is 2.77. The van der Waals surface area contributed by atoms with Crippen molar-refractivity contribution in [3.8, 4) is 0 Å². The first kappa shape index (κ1) is 13.6. The molecule has 4 nitrogen and oxygen atoms in total. The maximum atomic E-state index is 11.7. The minimum Gasteiger partial charge on any atom is -0.352 e. The van der Waals surface area contributed by atoms with E-state index in [9.17, 15) is 4.79 Å². The smallest absolute Gasteiger partial charge is 0.244 e. The summed E-state index contributed by atoms with van der Waals surface area (Å²) in [5, 5.41) is 4.85. The lowest BCUT2D eigenvalue weighted by atomic mass is 10.3. The van der Waals surface area contributed by atoms with Crippen LogP contribution in [0.3, 0.4) is 0 Å². The minimum atomic E-state index is -0.0767. The Morgan fingerprint density at radius 3 is 3.10 bits per heavy atom. The van der Waals surface area contributed by atoms with E-state index in [1.165, 1.54) is 0 Å². The summed E-state index contributed by atoms with van der Waals surface area (Å²) in [5.41, 5.74) is 1.90. The Bertz CT molecular complexity index is 726. The Labute approximate surface area is 126 Å². The van der Waals surface area contributed by atoms with E-state index in [2.05, 4.69) is 10.3 Å². The fraction of sp³-hybridized carbons (Fsp3) is 0.125. The van der Waals surface area contributed by atoms with Crippen molar-refractivity contribution in [1.82, 2.24) is 14.7 Å². The van der Waals surface area contributed by atoms with E-state index in [1.807, 2.05) is 58.6 Å². The number of rotatable bonds is 5. The molecule has 0 unspecified atom stereocenters. The van der Waals surface area contributed by atoms with E-state index in [0.29, 0.717) is 6.54 Å². The summed E-state index contributed by atoms with van der Waals surface area (Å²) >= 11 is 1.61. The summed E-state index contributed by atoms with van der Waals surface area (Å²) in [7, 11) is 0. The number of nitrogens with one attached hydrogen (secondary N) is 1. The van der Waals surface area contributed by atoms with E-state index in [4.69, 9.17) is 0 Å². The van der Waals surface area contributed by atoms with Crippen LogP contribution >= 0.6 is 11.3 Å². The zero-order chi connectivity index (χ0) is 14.5. The maximum absolute atomic E-state index is 11.7. The van der Waals surface area contributed by atoms with Crippen LogP contribution in [0.15, 0.2) is 54.2 Å². The third kappa shape index (κ3) is 3.58. The number of thiophene rings is 1. The fourth-order valence-corrected chi connectivity index (χ4v) is 2.64. The summed E-state index contributed by atoms with van der Waals surface area (Å²) in [6.45, 7) is 0.581. The minimum absolute atomic E-state index is 0.0767. The molecule has 3 aromatic heterocycles.